The Hall–Kier alpha value is -1.07. The molecule has 0 bridgehead atoms. The van der Waals surface area contributed by atoms with Crippen molar-refractivity contribution >= 4 is 17.4 Å². The van der Waals surface area contributed by atoms with E-state index in [1.54, 1.807) is 23.3 Å². The monoisotopic (exact) mass is 340 g/mol. The molecule has 4 nitrogen and oxygen atoms in total. The van der Waals surface area contributed by atoms with Gasteiger partial charge in [-0.15, -0.1) is 11.3 Å². The summed E-state index contributed by atoms with van der Waals surface area (Å²) in [5.74, 6) is 0.887. The molecule has 1 aromatic heterocycles. The number of rotatable bonds is 7. The van der Waals surface area contributed by atoms with Crippen LogP contribution in [0.1, 0.15) is 52.5 Å². The average Bonchev–Trinajstić information content (AvgIpc) is 2.90. The predicted molar refractivity (Wildman–Crippen MR) is 97.9 cm³/mol. The zero-order valence-electron chi connectivity index (χ0n) is 15.6. The SMILES string of the molecule is CC(CNC(c1cccs1)C(C)C)CN(C)C(=O)OC(C)(C)C. The van der Waals surface area contributed by atoms with Gasteiger partial charge in [-0.2, -0.15) is 0 Å². The lowest BCUT2D eigenvalue weighted by Crippen LogP contribution is -2.39. The summed E-state index contributed by atoms with van der Waals surface area (Å²) in [6.07, 6.45) is -0.261. The van der Waals surface area contributed by atoms with Crippen molar-refractivity contribution in [1.82, 2.24) is 10.2 Å². The van der Waals surface area contributed by atoms with E-state index in [1.165, 1.54) is 4.88 Å². The van der Waals surface area contributed by atoms with Crippen LogP contribution in [0.15, 0.2) is 17.5 Å². The van der Waals surface area contributed by atoms with Crippen molar-refractivity contribution in [2.45, 2.75) is 53.2 Å². The molecule has 1 rings (SSSR count). The van der Waals surface area contributed by atoms with Gasteiger partial charge in [0.25, 0.3) is 0 Å². The molecule has 2 unspecified atom stereocenters. The molecule has 23 heavy (non-hydrogen) atoms. The molecule has 1 aromatic rings. The van der Waals surface area contributed by atoms with Gasteiger partial charge in [-0.25, -0.2) is 4.79 Å². The molecule has 0 saturated heterocycles. The van der Waals surface area contributed by atoms with Gasteiger partial charge in [-0.05, 0) is 50.6 Å². The Labute approximate surface area is 145 Å². The Kier molecular flexibility index (Phi) is 7.55. The molecule has 5 heteroatoms. The maximum atomic E-state index is 12.0. The summed E-state index contributed by atoms with van der Waals surface area (Å²) in [5.41, 5.74) is -0.450. The smallest absolute Gasteiger partial charge is 0.410 e. The standard InChI is InChI=1S/C18H32N2O2S/c1-13(2)16(15-9-8-10-23-15)19-11-14(3)12-20(7)17(21)22-18(4,5)6/h8-10,13-14,16,19H,11-12H2,1-7H3. The van der Waals surface area contributed by atoms with Crippen LogP contribution in [-0.2, 0) is 4.74 Å². The number of thiophene rings is 1. The fraction of sp³-hybridized carbons (Fsp3) is 0.722. The average molecular weight is 341 g/mol. The first kappa shape index (κ1) is 20.0. The van der Waals surface area contributed by atoms with E-state index >= 15 is 0 Å². The Bertz CT molecular complexity index is 466. The van der Waals surface area contributed by atoms with Crippen molar-refractivity contribution in [3.8, 4) is 0 Å². The van der Waals surface area contributed by atoms with Gasteiger partial charge in [0, 0.05) is 24.5 Å². The first-order valence-electron chi connectivity index (χ1n) is 8.31. The molecular formula is C18H32N2O2S. The quantitative estimate of drug-likeness (QED) is 0.792. The summed E-state index contributed by atoms with van der Waals surface area (Å²) in [4.78, 5) is 15.0. The van der Waals surface area contributed by atoms with Gasteiger partial charge in [0.15, 0.2) is 0 Å². The van der Waals surface area contributed by atoms with Gasteiger partial charge in [0.05, 0.1) is 0 Å². The van der Waals surface area contributed by atoms with Crippen LogP contribution in [0.2, 0.25) is 0 Å². The summed E-state index contributed by atoms with van der Waals surface area (Å²) in [6.45, 7) is 13.8. The second kappa shape index (κ2) is 8.69. The molecule has 0 spiro atoms. The van der Waals surface area contributed by atoms with E-state index in [1.807, 2.05) is 20.8 Å². The highest BCUT2D eigenvalue weighted by atomic mass is 32.1. The fourth-order valence-corrected chi connectivity index (χ4v) is 3.38. The number of amides is 1. The molecule has 0 aliphatic rings. The number of carbonyl (C=O) groups excluding carboxylic acids is 1. The first-order valence-corrected chi connectivity index (χ1v) is 9.19. The minimum atomic E-state index is -0.450. The van der Waals surface area contributed by atoms with E-state index in [2.05, 4.69) is 43.6 Å². The van der Waals surface area contributed by atoms with E-state index in [-0.39, 0.29) is 6.09 Å². The minimum absolute atomic E-state index is 0.261. The molecule has 0 aliphatic heterocycles. The molecule has 1 heterocycles. The van der Waals surface area contributed by atoms with Crippen LogP contribution in [0.3, 0.4) is 0 Å². The molecule has 0 fully saturated rings. The number of nitrogens with one attached hydrogen (secondary N) is 1. The van der Waals surface area contributed by atoms with E-state index in [4.69, 9.17) is 4.74 Å². The number of carbonyl (C=O) groups is 1. The first-order chi connectivity index (χ1) is 10.6. The number of ether oxygens (including phenoxy) is 1. The van der Waals surface area contributed by atoms with E-state index < -0.39 is 5.60 Å². The molecule has 132 valence electrons. The summed E-state index contributed by atoms with van der Waals surface area (Å²) in [5, 5.41) is 5.76. The fourth-order valence-electron chi connectivity index (χ4n) is 2.41. The maximum Gasteiger partial charge on any atom is 0.410 e. The second-order valence-corrected chi connectivity index (χ2v) is 8.59. The number of nitrogens with zero attached hydrogens (tertiary/aromatic N) is 1. The maximum absolute atomic E-state index is 12.0. The van der Waals surface area contributed by atoms with Gasteiger partial charge < -0.3 is 15.0 Å². The number of hydrogen-bond acceptors (Lipinski definition) is 4. The summed E-state index contributed by atoms with van der Waals surface area (Å²) in [6, 6.07) is 4.64. The highest BCUT2D eigenvalue weighted by Gasteiger charge is 2.22. The van der Waals surface area contributed by atoms with E-state index in [0.29, 0.717) is 24.4 Å². The summed E-state index contributed by atoms with van der Waals surface area (Å²) < 4.78 is 5.39. The third-order valence-corrected chi connectivity index (χ3v) is 4.45. The van der Waals surface area contributed by atoms with Crippen LogP contribution < -0.4 is 5.32 Å². The van der Waals surface area contributed by atoms with Crippen LogP contribution in [-0.4, -0.2) is 36.7 Å². The Balaban J connectivity index is 2.46. The zero-order valence-corrected chi connectivity index (χ0v) is 16.4. The van der Waals surface area contributed by atoms with Crippen molar-refractivity contribution in [2.75, 3.05) is 20.1 Å². The van der Waals surface area contributed by atoms with Crippen LogP contribution in [0.25, 0.3) is 0 Å². The Morgan fingerprint density at radius 3 is 2.48 bits per heavy atom. The lowest BCUT2D eigenvalue weighted by molar-refractivity contribution is 0.0276. The van der Waals surface area contributed by atoms with Gasteiger partial charge in [0.1, 0.15) is 5.60 Å². The largest absolute Gasteiger partial charge is 0.444 e. The molecule has 1 amide bonds. The predicted octanol–water partition coefficient (Wildman–Crippen LogP) is 4.54. The van der Waals surface area contributed by atoms with E-state index in [9.17, 15) is 4.79 Å². The molecule has 0 radical (unpaired) electrons. The van der Waals surface area contributed by atoms with Crippen LogP contribution in [0.4, 0.5) is 4.79 Å². The second-order valence-electron chi connectivity index (χ2n) is 7.61. The van der Waals surface area contributed by atoms with Gasteiger partial charge >= 0.3 is 6.09 Å². The van der Waals surface area contributed by atoms with Gasteiger partial charge in [-0.3, -0.25) is 0 Å². The van der Waals surface area contributed by atoms with E-state index in [0.717, 1.165) is 6.54 Å². The highest BCUT2D eigenvalue weighted by molar-refractivity contribution is 7.10. The normalized spacial score (nSPS) is 14.6. The summed E-state index contributed by atoms with van der Waals surface area (Å²) >= 11 is 1.79. The van der Waals surface area contributed by atoms with Crippen molar-refractivity contribution in [3.05, 3.63) is 22.4 Å². The molecule has 2 atom stereocenters. The summed E-state index contributed by atoms with van der Waals surface area (Å²) in [7, 11) is 1.80. The lowest BCUT2D eigenvalue weighted by Gasteiger charge is -2.28. The van der Waals surface area contributed by atoms with Gasteiger partial charge in [-0.1, -0.05) is 26.8 Å². The lowest BCUT2D eigenvalue weighted by atomic mass is 10.0. The van der Waals surface area contributed by atoms with Crippen molar-refractivity contribution in [1.29, 1.82) is 0 Å². The van der Waals surface area contributed by atoms with Crippen LogP contribution in [0, 0.1) is 11.8 Å². The third kappa shape index (κ3) is 7.36. The zero-order chi connectivity index (χ0) is 17.6. The minimum Gasteiger partial charge on any atom is -0.444 e. The third-order valence-electron chi connectivity index (χ3n) is 3.49. The molecule has 0 aromatic carbocycles. The Morgan fingerprint density at radius 1 is 1.35 bits per heavy atom. The van der Waals surface area contributed by atoms with Crippen LogP contribution >= 0.6 is 11.3 Å². The molecular weight excluding hydrogens is 308 g/mol. The van der Waals surface area contributed by atoms with Crippen molar-refractivity contribution in [3.63, 3.8) is 0 Å². The highest BCUT2D eigenvalue weighted by Crippen LogP contribution is 2.25. The van der Waals surface area contributed by atoms with Crippen molar-refractivity contribution in [2.24, 2.45) is 11.8 Å². The molecule has 0 saturated carbocycles. The van der Waals surface area contributed by atoms with Crippen LogP contribution in [0.5, 0.6) is 0 Å². The topological polar surface area (TPSA) is 41.6 Å². The molecule has 0 aliphatic carbocycles. The van der Waals surface area contributed by atoms with Crippen molar-refractivity contribution < 1.29 is 9.53 Å². The Morgan fingerprint density at radius 2 is 2.00 bits per heavy atom. The number of hydrogen-bond donors (Lipinski definition) is 1. The van der Waals surface area contributed by atoms with Gasteiger partial charge in [0.2, 0.25) is 0 Å². The molecule has 1 N–H and O–H groups in total.